The van der Waals surface area contributed by atoms with Gasteiger partial charge in [0.25, 0.3) is 0 Å². The molecule has 11 heteroatoms. The van der Waals surface area contributed by atoms with E-state index in [1.165, 1.54) is 46.8 Å². The fourth-order valence-electron chi connectivity index (χ4n) is 4.49. The molecule has 2 aromatic carbocycles. The maximum absolute atomic E-state index is 13.5. The number of benzene rings is 2. The van der Waals surface area contributed by atoms with Crippen molar-refractivity contribution in [3.63, 3.8) is 0 Å². The lowest BCUT2D eigenvalue weighted by Crippen LogP contribution is -2.56. The highest BCUT2D eigenvalue weighted by atomic mass is 32.2. The summed E-state index contributed by atoms with van der Waals surface area (Å²) in [6.07, 6.45) is 0.838. The van der Waals surface area contributed by atoms with Crippen LogP contribution in [0.4, 0.5) is 23.2 Å². The molecule has 37 heavy (non-hydrogen) atoms. The summed E-state index contributed by atoms with van der Waals surface area (Å²) >= 11 is 5.29. The molecule has 0 radical (unpaired) electrons. The van der Waals surface area contributed by atoms with Crippen LogP contribution in [0.15, 0.2) is 71.7 Å². The van der Waals surface area contributed by atoms with Gasteiger partial charge in [-0.2, -0.15) is 17.5 Å². The average molecular weight is 555 g/mol. The van der Waals surface area contributed by atoms with Crippen LogP contribution in [0.2, 0.25) is 0 Å². The second kappa shape index (κ2) is 10.3. The van der Waals surface area contributed by atoms with Gasteiger partial charge in [-0.3, -0.25) is 0 Å². The summed E-state index contributed by atoms with van der Waals surface area (Å²) in [5.41, 5.74) is -1.94. The molecule has 4 rings (SSSR count). The Morgan fingerprint density at radius 2 is 1.70 bits per heavy atom. The van der Waals surface area contributed by atoms with E-state index in [9.17, 15) is 31.1 Å². The second-order valence-corrected chi connectivity index (χ2v) is 11.6. The highest BCUT2D eigenvalue weighted by Crippen LogP contribution is 2.39. The molecule has 1 aliphatic carbocycles. The van der Waals surface area contributed by atoms with Crippen molar-refractivity contribution in [3.05, 3.63) is 88.6 Å². The Hall–Kier alpha value is -2.60. The first-order valence-electron chi connectivity index (χ1n) is 11.6. The van der Waals surface area contributed by atoms with E-state index in [0.717, 1.165) is 5.56 Å². The first kappa shape index (κ1) is 27.4. The molecule has 2 unspecified atom stereocenters. The summed E-state index contributed by atoms with van der Waals surface area (Å²) in [5, 5.41) is 10.00. The van der Waals surface area contributed by atoms with E-state index < -0.39 is 33.7 Å². The van der Waals surface area contributed by atoms with E-state index in [2.05, 4.69) is 0 Å². The summed E-state index contributed by atoms with van der Waals surface area (Å²) in [6, 6.07) is 10.9. The van der Waals surface area contributed by atoms with Gasteiger partial charge in [-0.25, -0.2) is 12.8 Å². The largest absolute Gasteiger partial charge is 0.421 e. The smallest absolute Gasteiger partial charge is 0.376 e. The summed E-state index contributed by atoms with van der Waals surface area (Å²) in [4.78, 5) is 2.36. The highest BCUT2D eigenvalue weighted by Gasteiger charge is 2.51. The summed E-state index contributed by atoms with van der Waals surface area (Å²) in [6.45, 7) is 1.22. The second-order valence-electron chi connectivity index (χ2n) is 9.24. The number of sulfonamides is 1. The van der Waals surface area contributed by atoms with E-state index in [1.807, 2.05) is 4.90 Å². The number of hydrogen-bond donors (Lipinski definition) is 1. The van der Waals surface area contributed by atoms with Crippen LogP contribution >= 0.6 is 12.2 Å². The van der Waals surface area contributed by atoms with Crippen LogP contribution in [0.3, 0.4) is 0 Å². The maximum Gasteiger partial charge on any atom is 0.421 e. The third kappa shape index (κ3) is 5.64. The molecule has 1 aliphatic heterocycles. The minimum atomic E-state index is -4.84. The Bertz CT molecular complexity index is 1320. The van der Waals surface area contributed by atoms with Gasteiger partial charge < -0.3 is 10.0 Å². The van der Waals surface area contributed by atoms with Crippen LogP contribution in [0, 0.1) is 5.82 Å². The number of hydrogen-bond acceptors (Lipinski definition) is 5. The lowest BCUT2D eigenvalue weighted by Gasteiger charge is -2.43. The summed E-state index contributed by atoms with van der Waals surface area (Å²) in [7, 11) is -3.86. The SMILES string of the molecule is CC(O)(c1ccc(N2CCN(S(=O)(=O)C3=CC=CCC3=S)CC2Cc2ccc(F)cc2)cc1)C(F)(F)F. The first-order valence-corrected chi connectivity index (χ1v) is 13.5. The van der Waals surface area contributed by atoms with Gasteiger partial charge in [0, 0.05) is 42.6 Å². The molecule has 1 N–H and O–H groups in total. The number of halogens is 4. The number of nitrogens with zero attached hydrogens (tertiary/aromatic N) is 2. The molecule has 1 heterocycles. The van der Waals surface area contributed by atoms with Crippen molar-refractivity contribution in [1.29, 1.82) is 0 Å². The molecule has 198 valence electrons. The molecule has 1 saturated heterocycles. The number of alkyl halides is 3. The minimum absolute atomic E-state index is 0.0951. The van der Waals surface area contributed by atoms with Crippen molar-refractivity contribution in [1.82, 2.24) is 4.31 Å². The first-order chi connectivity index (χ1) is 17.3. The van der Waals surface area contributed by atoms with Crippen LogP contribution in [0.1, 0.15) is 24.5 Å². The number of anilines is 1. The van der Waals surface area contributed by atoms with E-state index in [4.69, 9.17) is 12.2 Å². The Balaban J connectivity index is 1.64. The van der Waals surface area contributed by atoms with E-state index >= 15 is 0 Å². The van der Waals surface area contributed by atoms with Crippen molar-refractivity contribution in [3.8, 4) is 0 Å². The Morgan fingerprint density at radius 3 is 2.30 bits per heavy atom. The lowest BCUT2D eigenvalue weighted by molar-refractivity contribution is -0.258. The number of piperazine rings is 1. The van der Waals surface area contributed by atoms with Gasteiger partial charge >= 0.3 is 6.18 Å². The quantitative estimate of drug-likeness (QED) is 0.408. The van der Waals surface area contributed by atoms with Gasteiger partial charge in [0.15, 0.2) is 5.60 Å². The maximum atomic E-state index is 13.5. The minimum Gasteiger partial charge on any atom is -0.376 e. The molecule has 2 aliphatic rings. The summed E-state index contributed by atoms with van der Waals surface area (Å²) < 4.78 is 81.5. The van der Waals surface area contributed by atoms with Crippen molar-refractivity contribution in [2.45, 2.75) is 37.6 Å². The monoisotopic (exact) mass is 554 g/mol. The van der Waals surface area contributed by atoms with Gasteiger partial charge in [0.1, 0.15) is 5.82 Å². The van der Waals surface area contributed by atoms with Gasteiger partial charge in [-0.15, -0.1) is 0 Å². The molecule has 0 aromatic heterocycles. The van der Waals surface area contributed by atoms with Crippen molar-refractivity contribution in [2.75, 3.05) is 24.5 Å². The molecule has 2 aromatic rings. The zero-order chi connectivity index (χ0) is 27.0. The molecular formula is C26H26F4N2O3S2. The Kier molecular flexibility index (Phi) is 7.62. The average Bonchev–Trinajstić information content (AvgIpc) is 2.85. The molecular weight excluding hydrogens is 528 g/mol. The van der Waals surface area contributed by atoms with Crippen molar-refractivity contribution >= 4 is 32.8 Å². The van der Waals surface area contributed by atoms with Crippen molar-refractivity contribution < 1.29 is 31.1 Å². The van der Waals surface area contributed by atoms with Crippen LogP contribution in [0.5, 0.6) is 0 Å². The Morgan fingerprint density at radius 1 is 1.05 bits per heavy atom. The van der Waals surface area contributed by atoms with Gasteiger partial charge in [-0.1, -0.05) is 48.6 Å². The molecule has 0 amide bonds. The fourth-order valence-corrected chi connectivity index (χ4v) is 6.56. The summed E-state index contributed by atoms with van der Waals surface area (Å²) in [5.74, 6) is -0.397. The standard InChI is InChI=1S/C26H26F4N2O3S2/c1-25(33,26(28,29)30)19-8-12-21(13-9-19)32-15-14-31(37(34,35)24-5-3-2-4-23(24)36)17-22(32)16-18-6-10-20(27)11-7-18/h2-3,5-13,22,33H,4,14-17H2,1H3. The van der Waals surface area contributed by atoms with E-state index in [1.54, 1.807) is 24.3 Å². The van der Waals surface area contributed by atoms with Crippen LogP contribution < -0.4 is 4.90 Å². The normalized spacial score (nSPS) is 21.0. The number of allylic oxidation sites excluding steroid dienone is 4. The predicted octanol–water partition coefficient (Wildman–Crippen LogP) is 4.87. The predicted molar refractivity (Wildman–Crippen MR) is 138 cm³/mol. The molecule has 0 saturated carbocycles. The van der Waals surface area contributed by atoms with Gasteiger partial charge in [0.2, 0.25) is 10.0 Å². The van der Waals surface area contributed by atoms with Crippen LogP contribution in [-0.2, 0) is 22.0 Å². The fraction of sp³-hybridized carbons (Fsp3) is 0.346. The zero-order valence-corrected chi connectivity index (χ0v) is 21.6. The third-order valence-electron chi connectivity index (χ3n) is 6.72. The van der Waals surface area contributed by atoms with Gasteiger partial charge in [0.05, 0.1) is 4.91 Å². The van der Waals surface area contributed by atoms with E-state index in [0.29, 0.717) is 30.3 Å². The molecule has 0 bridgehead atoms. The van der Waals surface area contributed by atoms with Crippen LogP contribution in [-0.4, -0.2) is 54.5 Å². The Labute approximate surface area is 218 Å². The van der Waals surface area contributed by atoms with Crippen molar-refractivity contribution in [2.24, 2.45) is 0 Å². The third-order valence-corrected chi connectivity index (χ3v) is 9.19. The lowest BCUT2D eigenvalue weighted by atomic mass is 9.94. The number of rotatable bonds is 6. The van der Waals surface area contributed by atoms with Gasteiger partial charge in [-0.05, 0) is 54.8 Å². The molecule has 0 spiro atoms. The molecule has 1 fully saturated rings. The molecule has 5 nitrogen and oxygen atoms in total. The highest BCUT2D eigenvalue weighted by molar-refractivity contribution is 7.96. The number of aliphatic hydroxyl groups is 1. The van der Waals surface area contributed by atoms with E-state index in [-0.39, 0.29) is 30.1 Å². The zero-order valence-electron chi connectivity index (χ0n) is 20.0. The molecule has 2 atom stereocenters. The van der Waals surface area contributed by atoms with Crippen LogP contribution in [0.25, 0.3) is 0 Å². The number of thiocarbonyl (C=S) groups is 1. The topological polar surface area (TPSA) is 60.9 Å².